The van der Waals surface area contributed by atoms with Crippen LogP contribution in [0.4, 0.5) is 15.8 Å². The average Bonchev–Trinajstić information content (AvgIpc) is 2.86. The van der Waals surface area contributed by atoms with E-state index in [2.05, 4.69) is 5.32 Å². The number of halogens is 1. The smallest absolute Gasteiger partial charge is 0.253 e. The van der Waals surface area contributed by atoms with Crippen LogP contribution in [0.3, 0.4) is 0 Å². The molecule has 0 heterocycles. The number of nitrogens with two attached hydrogens (primary N) is 1. The molecule has 19 heavy (non-hydrogen) atoms. The van der Waals surface area contributed by atoms with Gasteiger partial charge in [-0.15, -0.1) is 0 Å². The summed E-state index contributed by atoms with van der Waals surface area (Å²) >= 11 is 0. The number of benzene rings is 1. The molecule has 1 atom stereocenters. The lowest BCUT2D eigenvalue weighted by Crippen LogP contribution is -2.31. The maximum atomic E-state index is 13.5. The summed E-state index contributed by atoms with van der Waals surface area (Å²) in [6.45, 7) is 1.68. The van der Waals surface area contributed by atoms with Crippen LogP contribution in [0.1, 0.15) is 32.6 Å². The van der Waals surface area contributed by atoms with E-state index in [1.807, 2.05) is 0 Å². The van der Waals surface area contributed by atoms with Crippen molar-refractivity contribution in [1.29, 1.82) is 0 Å². The molecule has 2 rings (SSSR count). The predicted molar refractivity (Wildman–Crippen MR) is 72.2 cm³/mol. The van der Waals surface area contributed by atoms with Crippen molar-refractivity contribution in [3.63, 3.8) is 0 Å². The Labute approximate surface area is 112 Å². The summed E-state index contributed by atoms with van der Waals surface area (Å²) in [6.07, 6.45) is 3.82. The van der Waals surface area contributed by atoms with Gasteiger partial charge in [-0.25, -0.2) is 4.39 Å². The van der Waals surface area contributed by atoms with E-state index >= 15 is 0 Å². The zero-order valence-electron chi connectivity index (χ0n) is 11.0. The highest BCUT2D eigenvalue weighted by atomic mass is 19.1. The minimum absolute atomic E-state index is 0.0897. The van der Waals surface area contributed by atoms with Gasteiger partial charge in [0.15, 0.2) is 0 Å². The number of hydrogen-bond acceptors (Lipinski definition) is 3. The largest absolute Gasteiger partial charge is 0.399 e. The van der Waals surface area contributed by atoms with Gasteiger partial charge < -0.3 is 15.8 Å². The van der Waals surface area contributed by atoms with E-state index in [0.717, 1.165) is 25.7 Å². The molecule has 5 heteroatoms. The predicted octanol–water partition coefficient (Wildman–Crippen LogP) is 2.69. The number of rotatable bonds is 4. The van der Waals surface area contributed by atoms with E-state index in [0.29, 0.717) is 5.69 Å². The number of anilines is 2. The van der Waals surface area contributed by atoms with Gasteiger partial charge in [-0.1, -0.05) is 12.8 Å². The summed E-state index contributed by atoms with van der Waals surface area (Å²) in [5, 5.41) is 2.51. The first-order chi connectivity index (χ1) is 9.06. The first-order valence-corrected chi connectivity index (χ1v) is 6.57. The van der Waals surface area contributed by atoms with Crippen LogP contribution in [0.15, 0.2) is 18.2 Å². The van der Waals surface area contributed by atoms with E-state index in [1.54, 1.807) is 6.92 Å². The third-order valence-electron chi connectivity index (χ3n) is 3.32. The monoisotopic (exact) mass is 266 g/mol. The molecule has 1 unspecified atom stereocenters. The Morgan fingerprint density at radius 2 is 2.16 bits per heavy atom. The fourth-order valence-corrected chi connectivity index (χ4v) is 2.25. The molecule has 0 saturated heterocycles. The Morgan fingerprint density at radius 1 is 1.47 bits per heavy atom. The Balaban J connectivity index is 1.93. The molecule has 0 aliphatic heterocycles. The molecule has 0 bridgehead atoms. The van der Waals surface area contributed by atoms with E-state index in [-0.39, 0.29) is 17.7 Å². The molecule has 1 amide bonds. The van der Waals surface area contributed by atoms with Crippen molar-refractivity contribution in [1.82, 2.24) is 0 Å². The maximum absolute atomic E-state index is 13.5. The topological polar surface area (TPSA) is 64.3 Å². The normalized spacial score (nSPS) is 17.4. The number of nitrogens with one attached hydrogen (secondary N) is 1. The summed E-state index contributed by atoms with van der Waals surface area (Å²) in [6, 6.07) is 4.08. The number of carbonyl (C=O) groups excluding carboxylic acids is 1. The van der Waals surface area contributed by atoms with Crippen LogP contribution in [0.5, 0.6) is 0 Å². The second-order valence-electron chi connectivity index (χ2n) is 4.91. The van der Waals surface area contributed by atoms with Gasteiger partial charge in [0.25, 0.3) is 5.91 Å². The second kappa shape index (κ2) is 6.02. The number of ether oxygens (including phenoxy) is 1. The summed E-state index contributed by atoms with van der Waals surface area (Å²) in [7, 11) is 0. The van der Waals surface area contributed by atoms with Crippen LogP contribution in [0.2, 0.25) is 0 Å². The van der Waals surface area contributed by atoms with Crippen molar-refractivity contribution in [3.8, 4) is 0 Å². The highest BCUT2D eigenvalue weighted by Gasteiger charge is 2.22. The van der Waals surface area contributed by atoms with Gasteiger partial charge in [-0.2, -0.15) is 0 Å². The molecular formula is C14H19FN2O2. The minimum atomic E-state index is -0.594. The second-order valence-corrected chi connectivity index (χ2v) is 4.91. The molecule has 1 aromatic rings. The molecular weight excluding hydrogens is 247 g/mol. The van der Waals surface area contributed by atoms with Crippen LogP contribution in [0.25, 0.3) is 0 Å². The van der Waals surface area contributed by atoms with E-state index in [4.69, 9.17) is 10.5 Å². The Kier molecular flexibility index (Phi) is 4.37. The summed E-state index contributed by atoms with van der Waals surface area (Å²) < 4.78 is 19.1. The highest BCUT2D eigenvalue weighted by molar-refractivity contribution is 5.94. The fraction of sp³-hybridized carbons (Fsp3) is 0.500. The molecule has 0 spiro atoms. The van der Waals surface area contributed by atoms with Gasteiger partial charge in [0, 0.05) is 5.69 Å². The van der Waals surface area contributed by atoms with Crippen LogP contribution in [0, 0.1) is 5.82 Å². The van der Waals surface area contributed by atoms with Crippen LogP contribution in [-0.2, 0) is 9.53 Å². The molecule has 3 N–H and O–H groups in total. The molecule has 1 aliphatic carbocycles. The third kappa shape index (κ3) is 3.67. The molecule has 4 nitrogen and oxygen atoms in total. The molecule has 0 radical (unpaired) electrons. The molecule has 0 aromatic heterocycles. The third-order valence-corrected chi connectivity index (χ3v) is 3.32. The summed E-state index contributed by atoms with van der Waals surface area (Å²) in [5.41, 5.74) is 6.06. The van der Waals surface area contributed by atoms with E-state index in [1.165, 1.54) is 18.2 Å². The van der Waals surface area contributed by atoms with Gasteiger partial charge in [-0.3, -0.25) is 4.79 Å². The lowest BCUT2D eigenvalue weighted by atomic mass is 10.2. The molecule has 1 aromatic carbocycles. The lowest BCUT2D eigenvalue weighted by molar-refractivity contribution is -0.129. The Morgan fingerprint density at radius 3 is 2.84 bits per heavy atom. The summed E-state index contributed by atoms with van der Waals surface area (Å²) in [4.78, 5) is 11.9. The number of hydrogen-bond donors (Lipinski definition) is 2. The molecule has 1 fully saturated rings. The quantitative estimate of drug-likeness (QED) is 0.823. The average molecular weight is 266 g/mol. The highest BCUT2D eigenvalue weighted by Crippen LogP contribution is 2.23. The number of nitrogen functional groups attached to an aromatic ring is 1. The van der Waals surface area contributed by atoms with Crippen LogP contribution >= 0.6 is 0 Å². The fourth-order valence-electron chi connectivity index (χ4n) is 2.25. The summed E-state index contributed by atoms with van der Waals surface area (Å²) in [5.74, 6) is -0.855. The molecule has 1 aliphatic rings. The van der Waals surface area contributed by atoms with Gasteiger partial charge >= 0.3 is 0 Å². The van der Waals surface area contributed by atoms with Crippen molar-refractivity contribution < 1.29 is 13.9 Å². The maximum Gasteiger partial charge on any atom is 0.253 e. The number of carbonyl (C=O) groups is 1. The van der Waals surface area contributed by atoms with Crippen molar-refractivity contribution in [2.45, 2.75) is 44.8 Å². The van der Waals surface area contributed by atoms with Crippen LogP contribution in [-0.4, -0.2) is 18.1 Å². The minimum Gasteiger partial charge on any atom is -0.399 e. The van der Waals surface area contributed by atoms with Gasteiger partial charge in [-0.05, 0) is 38.0 Å². The first kappa shape index (κ1) is 13.8. The van der Waals surface area contributed by atoms with E-state index < -0.39 is 11.9 Å². The van der Waals surface area contributed by atoms with Crippen molar-refractivity contribution in [2.75, 3.05) is 11.1 Å². The molecule has 104 valence electrons. The van der Waals surface area contributed by atoms with Gasteiger partial charge in [0.1, 0.15) is 11.9 Å². The van der Waals surface area contributed by atoms with Crippen molar-refractivity contribution in [3.05, 3.63) is 24.0 Å². The Bertz CT molecular complexity index is 459. The molecule has 1 saturated carbocycles. The SMILES string of the molecule is CC(OC1CCCC1)C(=O)Nc1cc(N)ccc1F. The first-order valence-electron chi connectivity index (χ1n) is 6.57. The van der Waals surface area contributed by atoms with Crippen LogP contribution < -0.4 is 11.1 Å². The zero-order valence-corrected chi connectivity index (χ0v) is 11.0. The number of amides is 1. The van der Waals surface area contributed by atoms with Crippen molar-refractivity contribution in [2.24, 2.45) is 0 Å². The Hall–Kier alpha value is -1.62. The zero-order chi connectivity index (χ0) is 13.8. The van der Waals surface area contributed by atoms with Crippen molar-refractivity contribution >= 4 is 17.3 Å². The van der Waals surface area contributed by atoms with E-state index in [9.17, 15) is 9.18 Å². The standard InChI is InChI=1S/C14H19FN2O2/c1-9(19-11-4-2-3-5-11)14(18)17-13-8-10(16)6-7-12(13)15/h6-9,11H,2-5,16H2,1H3,(H,17,18). The lowest BCUT2D eigenvalue weighted by Gasteiger charge is -2.18. The van der Waals surface area contributed by atoms with Gasteiger partial charge in [0.2, 0.25) is 0 Å². The van der Waals surface area contributed by atoms with Gasteiger partial charge in [0.05, 0.1) is 11.8 Å².